The van der Waals surface area contributed by atoms with E-state index in [0.717, 1.165) is 37.3 Å². The molecule has 1 N–H and O–H groups in total. The van der Waals surface area contributed by atoms with Gasteiger partial charge in [-0.05, 0) is 81.6 Å². The van der Waals surface area contributed by atoms with Crippen LogP contribution in [0, 0.1) is 5.82 Å². The van der Waals surface area contributed by atoms with E-state index in [1.54, 1.807) is 13.8 Å². The Balaban J connectivity index is 0.000000175. The Hall–Kier alpha value is -3.89. The van der Waals surface area contributed by atoms with E-state index in [2.05, 4.69) is 10.2 Å². The van der Waals surface area contributed by atoms with Crippen LogP contribution in [-0.4, -0.2) is 28.3 Å². The number of aromatic amines is 1. The van der Waals surface area contributed by atoms with Crippen LogP contribution in [-0.2, 0) is 9.53 Å². The van der Waals surface area contributed by atoms with Gasteiger partial charge in [-0.3, -0.25) is 14.7 Å². The van der Waals surface area contributed by atoms with Crippen LogP contribution in [0.2, 0.25) is 10.2 Å². The topological polar surface area (TPSA) is 111 Å². The molecule has 1 aliphatic heterocycles. The van der Waals surface area contributed by atoms with Crippen LogP contribution in [0.15, 0.2) is 58.6 Å². The van der Waals surface area contributed by atoms with Crippen LogP contribution in [0.4, 0.5) is 14.9 Å². The highest BCUT2D eigenvalue weighted by molar-refractivity contribution is 6.32. The molecule has 3 aliphatic rings. The van der Waals surface area contributed by atoms with Crippen molar-refractivity contribution in [2.24, 2.45) is 0 Å². The molecule has 0 unspecified atom stereocenters. The average Bonchev–Trinajstić information content (AvgIpc) is 3.58. The minimum Gasteiger partial charge on any atom is -0.489 e. The molecule has 2 saturated carbocycles. The van der Waals surface area contributed by atoms with Crippen LogP contribution < -0.4 is 19.8 Å². The summed E-state index contributed by atoms with van der Waals surface area (Å²) in [6.07, 6.45) is 5.34. The van der Waals surface area contributed by atoms with E-state index in [0.29, 0.717) is 22.1 Å². The van der Waals surface area contributed by atoms with Crippen LogP contribution in [0.25, 0.3) is 0 Å². The predicted octanol–water partition coefficient (Wildman–Crippen LogP) is 7.67. The minimum absolute atomic E-state index is 0.00962. The number of ether oxygens (including phenoxy) is 3. The number of nitrogens with one attached hydrogen (secondary N) is 1. The number of carbonyl (C=O) groups is 2. The number of imide groups is 1. The number of hydrogen-bond donors (Lipinski definition) is 1. The van der Waals surface area contributed by atoms with Gasteiger partial charge < -0.3 is 14.2 Å². The lowest BCUT2D eigenvalue weighted by Gasteiger charge is -2.18. The number of hydrogen-bond acceptors (Lipinski definition) is 7. The smallest absolute Gasteiger partial charge is 0.427 e. The summed E-state index contributed by atoms with van der Waals surface area (Å²) < 4.78 is 30.6. The number of cyclic esters (lactones) is 1. The summed E-state index contributed by atoms with van der Waals surface area (Å²) in [5, 5.41) is 6.62. The van der Waals surface area contributed by atoms with E-state index < -0.39 is 17.8 Å². The number of aromatic nitrogens is 2. The molecule has 220 valence electrons. The monoisotopic (exact) mass is 615 g/mol. The summed E-state index contributed by atoms with van der Waals surface area (Å²) in [4.78, 5) is 36.6. The molecule has 2 amide bonds. The minimum atomic E-state index is -0.941. The van der Waals surface area contributed by atoms with Gasteiger partial charge in [0, 0.05) is 12.1 Å². The molecule has 3 fully saturated rings. The molecule has 42 heavy (non-hydrogen) atoms. The maximum atomic E-state index is 14.3. The molecule has 0 radical (unpaired) electrons. The number of H-pyrrole nitrogens is 1. The number of amides is 2. The Labute approximate surface area is 251 Å². The first-order chi connectivity index (χ1) is 20.1. The third-order valence-corrected chi connectivity index (χ3v) is 7.43. The molecule has 12 heteroatoms. The summed E-state index contributed by atoms with van der Waals surface area (Å²) in [7, 11) is 0. The maximum absolute atomic E-state index is 14.3. The van der Waals surface area contributed by atoms with E-state index in [1.165, 1.54) is 25.0 Å². The molecule has 9 nitrogen and oxygen atoms in total. The Bertz CT molecular complexity index is 1610. The summed E-state index contributed by atoms with van der Waals surface area (Å²) in [5.41, 5.74) is 1.12. The van der Waals surface area contributed by atoms with Crippen molar-refractivity contribution in [3.05, 3.63) is 85.6 Å². The molecule has 1 aromatic heterocycles. The molecule has 0 atom stereocenters. The van der Waals surface area contributed by atoms with Crippen LogP contribution >= 0.6 is 23.2 Å². The standard InChI is InChI=1S/C17H17ClFNO4.C13H11ClN2O2/c1-9(2)15-16(21)20(17(22)24-15)13-8-14(11(18)7-12(13)19)23-10-5-3-4-6-10;14-12-7-10(17)13(16-15-12)18-11-4-2-1-3-9(11)8-5-6-8/h7-8,10H,3-6H2,1-2H3;1-4,7-8H,5-6H2,(H,15,17). The van der Waals surface area contributed by atoms with Gasteiger partial charge in [-0.15, -0.1) is 5.10 Å². The number of rotatable bonds is 6. The average molecular weight is 616 g/mol. The number of halogens is 3. The van der Waals surface area contributed by atoms with E-state index in [4.69, 9.17) is 37.4 Å². The van der Waals surface area contributed by atoms with Gasteiger partial charge in [-0.2, -0.15) is 0 Å². The third kappa shape index (κ3) is 6.60. The van der Waals surface area contributed by atoms with Gasteiger partial charge in [0.2, 0.25) is 5.43 Å². The van der Waals surface area contributed by atoms with Crippen LogP contribution in [0.5, 0.6) is 17.4 Å². The van der Waals surface area contributed by atoms with Crippen LogP contribution in [0.1, 0.15) is 63.9 Å². The van der Waals surface area contributed by atoms with E-state index in [-0.39, 0.29) is 44.8 Å². The van der Waals surface area contributed by atoms with Crippen molar-refractivity contribution >= 4 is 40.9 Å². The first-order valence-electron chi connectivity index (χ1n) is 13.5. The molecular formula is C30H28Cl2FN3O6. The predicted molar refractivity (Wildman–Crippen MR) is 155 cm³/mol. The fourth-order valence-corrected chi connectivity index (χ4v) is 5.04. The number of carbonyl (C=O) groups excluding carboxylic acids is 2. The van der Waals surface area contributed by atoms with Crippen molar-refractivity contribution in [1.29, 1.82) is 0 Å². The summed E-state index contributed by atoms with van der Waals surface area (Å²) in [6, 6.07) is 11.3. The lowest BCUT2D eigenvalue weighted by atomic mass is 10.1. The Morgan fingerprint density at radius 2 is 1.74 bits per heavy atom. The molecule has 3 aromatic rings. The SMILES string of the molecule is CC(C)=C1OC(=O)N(c2cc(OC3CCCC3)c(Cl)cc2F)C1=O.O=c1cc(Cl)[nH]nc1Oc1ccccc1C1CC1. The number of benzene rings is 2. The Kier molecular flexibility index (Phi) is 8.84. The fraction of sp³-hybridized carbons (Fsp3) is 0.333. The van der Waals surface area contributed by atoms with Gasteiger partial charge in [0.05, 0.1) is 16.8 Å². The van der Waals surface area contributed by atoms with Gasteiger partial charge >= 0.3 is 12.0 Å². The van der Waals surface area contributed by atoms with Crippen molar-refractivity contribution in [1.82, 2.24) is 10.2 Å². The van der Waals surface area contributed by atoms with Gasteiger partial charge in [0.1, 0.15) is 22.5 Å². The summed E-state index contributed by atoms with van der Waals surface area (Å²) >= 11 is 11.7. The third-order valence-electron chi connectivity index (χ3n) is 6.94. The second-order valence-electron chi connectivity index (χ2n) is 10.4. The highest BCUT2D eigenvalue weighted by atomic mass is 35.5. The normalized spacial score (nSPS) is 16.7. The number of para-hydroxylation sites is 1. The van der Waals surface area contributed by atoms with Gasteiger partial charge in [-0.1, -0.05) is 41.4 Å². The number of nitrogens with zero attached hydrogens (tertiary/aromatic N) is 2. The number of anilines is 1. The molecule has 2 aromatic carbocycles. The zero-order valence-corrected chi connectivity index (χ0v) is 24.4. The first kappa shape index (κ1) is 29.6. The van der Waals surface area contributed by atoms with Crippen LogP contribution in [0.3, 0.4) is 0 Å². The second-order valence-corrected chi connectivity index (χ2v) is 11.2. The Morgan fingerprint density at radius 3 is 2.38 bits per heavy atom. The maximum Gasteiger partial charge on any atom is 0.427 e. The molecule has 1 saturated heterocycles. The summed E-state index contributed by atoms with van der Waals surface area (Å²) in [6.45, 7) is 3.27. The Morgan fingerprint density at radius 1 is 1.02 bits per heavy atom. The van der Waals surface area contributed by atoms with Crippen molar-refractivity contribution in [3.8, 4) is 17.4 Å². The van der Waals surface area contributed by atoms with Gasteiger partial charge in [0.15, 0.2) is 5.76 Å². The molecule has 0 spiro atoms. The van der Waals surface area contributed by atoms with Gasteiger partial charge in [0.25, 0.3) is 5.88 Å². The highest BCUT2D eigenvalue weighted by Crippen LogP contribution is 2.44. The van der Waals surface area contributed by atoms with Crippen molar-refractivity contribution in [2.45, 2.75) is 64.4 Å². The van der Waals surface area contributed by atoms with E-state index in [1.807, 2.05) is 24.3 Å². The molecule has 2 aliphatic carbocycles. The van der Waals surface area contributed by atoms with E-state index in [9.17, 15) is 18.8 Å². The van der Waals surface area contributed by atoms with Crippen molar-refractivity contribution in [3.63, 3.8) is 0 Å². The quantitative estimate of drug-likeness (QED) is 0.283. The zero-order valence-electron chi connectivity index (χ0n) is 22.9. The van der Waals surface area contributed by atoms with E-state index >= 15 is 0 Å². The second kappa shape index (κ2) is 12.5. The van der Waals surface area contributed by atoms with Crippen molar-refractivity contribution in [2.75, 3.05) is 4.90 Å². The van der Waals surface area contributed by atoms with Crippen molar-refractivity contribution < 1.29 is 28.2 Å². The summed E-state index contributed by atoms with van der Waals surface area (Å²) in [5.74, 6) is -0.0636. The molecule has 0 bridgehead atoms. The lowest BCUT2D eigenvalue weighted by Crippen LogP contribution is -2.29. The molecule has 2 heterocycles. The molecular weight excluding hydrogens is 588 g/mol. The first-order valence-corrected chi connectivity index (χ1v) is 14.3. The highest BCUT2D eigenvalue weighted by Gasteiger charge is 2.40. The lowest BCUT2D eigenvalue weighted by molar-refractivity contribution is -0.114. The largest absolute Gasteiger partial charge is 0.489 e. The molecule has 6 rings (SSSR count). The number of allylic oxidation sites excluding steroid dienone is 1. The zero-order chi connectivity index (χ0) is 30.0. The fourth-order valence-electron chi connectivity index (χ4n) is 4.70. The van der Waals surface area contributed by atoms with Gasteiger partial charge in [-0.25, -0.2) is 14.1 Å².